The second-order valence-electron chi connectivity index (χ2n) is 2.92. The van der Waals surface area contributed by atoms with E-state index in [9.17, 15) is 8.78 Å². The number of rotatable bonds is 5. The highest BCUT2D eigenvalue weighted by Crippen LogP contribution is 2.26. The van der Waals surface area contributed by atoms with E-state index in [-0.39, 0.29) is 5.75 Å². The van der Waals surface area contributed by atoms with Gasteiger partial charge < -0.3 is 4.74 Å². The summed E-state index contributed by atoms with van der Waals surface area (Å²) in [7, 11) is 0. The first-order valence-corrected chi connectivity index (χ1v) is 6.34. The quantitative estimate of drug-likeness (QED) is 0.721. The smallest absolute Gasteiger partial charge is 0.387 e. The lowest BCUT2D eigenvalue weighted by molar-refractivity contribution is -0.0504. The molecule has 0 aromatic heterocycles. The Kier molecular flexibility index (Phi) is 5.53. The van der Waals surface area contributed by atoms with Gasteiger partial charge in [0.1, 0.15) is 5.75 Å². The molecular formula is C10H10Br2F2O. The Morgan fingerprint density at radius 1 is 1.33 bits per heavy atom. The van der Waals surface area contributed by atoms with E-state index in [1.807, 2.05) is 0 Å². The van der Waals surface area contributed by atoms with Crippen LogP contribution in [0, 0.1) is 0 Å². The molecule has 0 atom stereocenters. The van der Waals surface area contributed by atoms with Crippen LogP contribution in [0.25, 0.3) is 0 Å². The zero-order valence-corrected chi connectivity index (χ0v) is 11.0. The van der Waals surface area contributed by atoms with Gasteiger partial charge in [0.25, 0.3) is 0 Å². The Morgan fingerprint density at radius 3 is 2.67 bits per heavy atom. The van der Waals surface area contributed by atoms with E-state index in [0.29, 0.717) is 6.42 Å². The molecule has 0 bridgehead atoms. The van der Waals surface area contributed by atoms with Crippen LogP contribution in [0.3, 0.4) is 0 Å². The van der Waals surface area contributed by atoms with Gasteiger partial charge in [0.2, 0.25) is 0 Å². The molecule has 84 valence electrons. The lowest BCUT2D eigenvalue weighted by Crippen LogP contribution is -2.04. The van der Waals surface area contributed by atoms with E-state index < -0.39 is 6.61 Å². The van der Waals surface area contributed by atoms with Gasteiger partial charge in [0.15, 0.2) is 0 Å². The van der Waals surface area contributed by atoms with Crippen LogP contribution in [0.2, 0.25) is 0 Å². The average Bonchev–Trinajstić information content (AvgIpc) is 2.18. The van der Waals surface area contributed by atoms with Crippen LogP contribution in [-0.4, -0.2) is 11.9 Å². The molecule has 0 N–H and O–H groups in total. The number of benzene rings is 1. The molecule has 1 aromatic rings. The van der Waals surface area contributed by atoms with Crippen LogP contribution in [-0.2, 0) is 6.42 Å². The van der Waals surface area contributed by atoms with Gasteiger partial charge >= 0.3 is 6.61 Å². The van der Waals surface area contributed by atoms with Crippen molar-refractivity contribution in [2.45, 2.75) is 19.5 Å². The molecule has 0 aliphatic heterocycles. The molecule has 0 unspecified atom stereocenters. The molecule has 1 nitrogen and oxygen atoms in total. The van der Waals surface area contributed by atoms with E-state index in [1.54, 1.807) is 18.2 Å². The normalized spacial score (nSPS) is 10.7. The highest BCUT2D eigenvalue weighted by molar-refractivity contribution is 9.10. The van der Waals surface area contributed by atoms with Gasteiger partial charge in [-0.25, -0.2) is 0 Å². The monoisotopic (exact) mass is 342 g/mol. The van der Waals surface area contributed by atoms with Crippen LogP contribution in [0.1, 0.15) is 12.0 Å². The molecule has 0 heterocycles. The Labute approximate surface area is 104 Å². The van der Waals surface area contributed by atoms with Crippen molar-refractivity contribution >= 4 is 31.9 Å². The van der Waals surface area contributed by atoms with Gasteiger partial charge in [-0.05, 0) is 36.6 Å². The maximum absolute atomic E-state index is 12.1. The molecule has 1 aromatic carbocycles. The molecule has 0 saturated heterocycles. The molecule has 0 aliphatic rings. The second kappa shape index (κ2) is 6.43. The Hall–Kier alpha value is -0.160. The number of ether oxygens (including phenoxy) is 1. The minimum atomic E-state index is -2.77. The zero-order valence-electron chi connectivity index (χ0n) is 7.85. The molecule has 0 saturated carbocycles. The molecule has 1 rings (SSSR count). The molecule has 0 spiro atoms. The van der Waals surface area contributed by atoms with E-state index in [0.717, 1.165) is 21.8 Å². The predicted octanol–water partition coefficient (Wildman–Crippen LogP) is 4.38. The fourth-order valence-electron chi connectivity index (χ4n) is 1.21. The molecule has 5 heteroatoms. The first-order valence-electron chi connectivity index (χ1n) is 4.42. The fourth-order valence-corrected chi connectivity index (χ4v) is 1.90. The average molecular weight is 344 g/mol. The fraction of sp³-hybridized carbons (Fsp3) is 0.400. The standard InChI is InChI=1S/C10H10Br2F2O/c11-5-1-2-7-6-8(12)3-4-9(7)15-10(13)14/h3-4,6,10H,1-2,5H2. The molecule has 15 heavy (non-hydrogen) atoms. The van der Waals surface area contributed by atoms with Crippen LogP contribution >= 0.6 is 31.9 Å². The maximum atomic E-state index is 12.1. The van der Waals surface area contributed by atoms with Crippen molar-refractivity contribution in [3.8, 4) is 5.75 Å². The van der Waals surface area contributed by atoms with E-state index in [2.05, 4.69) is 36.6 Å². The molecule has 0 fully saturated rings. The summed E-state index contributed by atoms with van der Waals surface area (Å²) in [4.78, 5) is 0. The first-order chi connectivity index (χ1) is 7.13. The van der Waals surface area contributed by atoms with E-state index in [4.69, 9.17) is 0 Å². The van der Waals surface area contributed by atoms with Gasteiger partial charge in [0.05, 0.1) is 0 Å². The largest absolute Gasteiger partial charge is 0.435 e. The van der Waals surface area contributed by atoms with E-state index in [1.165, 1.54) is 0 Å². The number of alkyl halides is 3. The van der Waals surface area contributed by atoms with Gasteiger partial charge in [-0.3, -0.25) is 0 Å². The summed E-state index contributed by atoms with van der Waals surface area (Å²) in [5.41, 5.74) is 0.795. The number of halogens is 4. The topological polar surface area (TPSA) is 9.23 Å². The molecule has 0 amide bonds. The number of aryl methyl sites for hydroxylation is 1. The zero-order chi connectivity index (χ0) is 11.3. The summed E-state index contributed by atoms with van der Waals surface area (Å²) < 4.78 is 29.5. The Bertz CT molecular complexity index is 318. The first kappa shape index (κ1) is 12.9. The minimum absolute atomic E-state index is 0.258. The lowest BCUT2D eigenvalue weighted by Gasteiger charge is -2.10. The molecular weight excluding hydrogens is 334 g/mol. The summed E-state index contributed by atoms with van der Waals surface area (Å²) in [6, 6.07) is 5.05. The summed E-state index contributed by atoms with van der Waals surface area (Å²) in [5, 5.41) is 0.841. The minimum Gasteiger partial charge on any atom is -0.435 e. The highest BCUT2D eigenvalue weighted by Gasteiger charge is 2.09. The van der Waals surface area contributed by atoms with Crippen LogP contribution in [0.5, 0.6) is 5.75 Å². The summed E-state index contributed by atoms with van der Waals surface area (Å²) in [5.74, 6) is 0.258. The van der Waals surface area contributed by atoms with Crippen LogP contribution in [0.4, 0.5) is 8.78 Å². The third kappa shape index (κ3) is 4.47. The van der Waals surface area contributed by atoms with Crippen molar-refractivity contribution in [3.05, 3.63) is 28.2 Å². The van der Waals surface area contributed by atoms with Crippen molar-refractivity contribution < 1.29 is 13.5 Å². The van der Waals surface area contributed by atoms with Crippen molar-refractivity contribution in [1.29, 1.82) is 0 Å². The van der Waals surface area contributed by atoms with Gasteiger partial charge in [-0.15, -0.1) is 0 Å². The number of hydrogen-bond acceptors (Lipinski definition) is 1. The third-order valence-electron chi connectivity index (χ3n) is 1.82. The van der Waals surface area contributed by atoms with E-state index >= 15 is 0 Å². The summed E-state index contributed by atoms with van der Waals surface area (Å²) in [6.07, 6.45) is 1.60. The Balaban J connectivity index is 2.82. The Morgan fingerprint density at radius 2 is 2.07 bits per heavy atom. The third-order valence-corrected chi connectivity index (χ3v) is 2.87. The maximum Gasteiger partial charge on any atom is 0.387 e. The van der Waals surface area contributed by atoms with Crippen LogP contribution < -0.4 is 4.74 Å². The molecule has 0 aliphatic carbocycles. The predicted molar refractivity (Wildman–Crippen MR) is 62.9 cm³/mol. The number of hydrogen-bond donors (Lipinski definition) is 0. The van der Waals surface area contributed by atoms with Gasteiger partial charge in [-0.1, -0.05) is 31.9 Å². The SMILES string of the molecule is FC(F)Oc1ccc(Br)cc1CCCBr. The van der Waals surface area contributed by atoms with Gasteiger partial charge in [0, 0.05) is 9.80 Å². The van der Waals surface area contributed by atoms with Crippen molar-refractivity contribution in [2.24, 2.45) is 0 Å². The van der Waals surface area contributed by atoms with Crippen molar-refractivity contribution in [3.63, 3.8) is 0 Å². The second-order valence-corrected chi connectivity index (χ2v) is 4.63. The summed E-state index contributed by atoms with van der Waals surface area (Å²) >= 11 is 6.60. The van der Waals surface area contributed by atoms with Gasteiger partial charge in [-0.2, -0.15) is 8.78 Å². The molecule has 0 radical (unpaired) electrons. The lowest BCUT2D eigenvalue weighted by atomic mass is 10.1. The highest BCUT2D eigenvalue weighted by atomic mass is 79.9. The van der Waals surface area contributed by atoms with Crippen LogP contribution in [0.15, 0.2) is 22.7 Å². The van der Waals surface area contributed by atoms with Crippen molar-refractivity contribution in [1.82, 2.24) is 0 Å². The summed E-state index contributed by atoms with van der Waals surface area (Å²) in [6.45, 7) is -2.77. The van der Waals surface area contributed by atoms with Crippen molar-refractivity contribution in [2.75, 3.05) is 5.33 Å².